The molecule has 0 aliphatic rings. The summed E-state index contributed by atoms with van der Waals surface area (Å²) < 4.78 is 0. The number of benzene rings is 1. The minimum Gasteiger partial charge on any atom is -0.329 e. The third kappa shape index (κ3) is 6.61. The summed E-state index contributed by atoms with van der Waals surface area (Å²) in [5.41, 5.74) is 1.37. The van der Waals surface area contributed by atoms with E-state index in [1.165, 1.54) is 11.3 Å². The zero-order valence-electron chi connectivity index (χ0n) is 16.1. The van der Waals surface area contributed by atoms with Crippen LogP contribution in [-0.2, 0) is 4.79 Å². The van der Waals surface area contributed by atoms with E-state index < -0.39 is 0 Å². The number of carbonyl (C=O) groups is 2. The number of hydrogen-bond acceptors (Lipinski definition) is 5. The SMILES string of the molecule is Cc1nc(NC(=O)CN(CCCN(C)C)C(=O)c2cccc(Cl)c2)sc1C. The first-order chi connectivity index (χ1) is 12.8. The number of nitrogens with zero attached hydrogens (tertiary/aromatic N) is 3. The number of hydrogen-bond donors (Lipinski definition) is 1. The van der Waals surface area contributed by atoms with Crippen molar-refractivity contribution >= 4 is 39.9 Å². The van der Waals surface area contributed by atoms with E-state index >= 15 is 0 Å². The van der Waals surface area contributed by atoms with Crippen LogP contribution >= 0.6 is 22.9 Å². The molecule has 1 N–H and O–H groups in total. The van der Waals surface area contributed by atoms with Crippen molar-refractivity contribution in [2.75, 3.05) is 39.0 Å². The molecule has 8 heteroatoms. The Bertz CT molecular complexity index is 787. The van der Waals surface area contributed by atoms with Crippen molar-refractivity contribution in [2.24, 2.45) is 0 Å². The Morgan fingerprint density at radius 3 is 2.56 bits per heavy atom. The molecule has 1 heterocycles. The van der Waals surface area contributed by atoms with E-state index in [0.29, 0.717) is 22.3 Å². The first-order valence-electron chi connectivity index (χ1n) is 8.69. The fourth-order valence-electron chi connectivity index (χ4n) is 2.49. The number of aromatic nitrogens is 1. The number of carbonyl (C=O) groups excluding carboxylic acids is 2. The summed E-state index contributed by atoms with van der Waals surface area (Å²) in [7, 11) is 3.95. The lowest BCUT2D eigenvalue weighted by Crippen LogP contribution is -2.39. The minimum absolute atomic E-state index is 0.0313. The van der Waals surface area contributed by atoms with Crippen LogP contribution < -0.4 is 5.32 Å². The number of amides is 2. The standard InChI is InChI=1S/C19H25ClN4O2S/c1-13-14(2)27-19(21-13)22-17(25)12-24(10-6-9-23(3)4)18(26)15-7-5-8-16(20)11-15/h5,7-8,11H,6,9-10,12H2,1-4H3,(H,21,22,25). The van der Waals surface area contributed by atoms with Gasteiger partial charge < -0.3 is 15.1 Å². The van der Waals surface area contributed by atoms with Crippen LogP contribution in [0.3, 0.4) is 0 Å². The van der Waals surface area contributed by atoms with Gasteiger partial charge in [-0.05, 0) is 59.1 Å². The zero-order valence-corrected chi connectivity index (χ0v) is 17.7. The summed E-state index contributed by atoms with van der Waals surface area (Å²) in [6.07, 6.45) is 0.766. The van der Waals surface area contributed by atoms with Gasteiger partial charge in [0, 0.05) is 22.0 Å². The lowest BCUT2D eigenvalue weighted by molar-refractivity contribution is -0.116. The van der Waals surface area contributed by atoms with Gasteiger partial charge in [0.2, 0.25) is 5.91 Å². The molecule has 2 rings (SSSR count). The van der Waals surface area contributed by atoms with E-state index in [9.17, 15) is 9.59 Å². The van der Waals surface area contributed by atoms with Crippen LogP contribution in [0.1, 0.15) is 27.3 Å². The number of aryl methyl sites for hydroxylation is 2. The van der Waals surface area contributed by atoms with Gasteiger partial charge in [-0.3, -0.25) is 9.59 Å². The Morgan fingerprint density at radius 1 is 1.22 bits per heavy atom. The molecule has 27 heavy (non-hydrogen) atoms. The van der Waals surface area contributed by atoms with Gasteiger partial charge >= 0.3 is 0 Å². The number of halogens is 1. The second kappa shape index (κ2) is 9.82. The quantitative estimate of drug-likeness (QED) is 0.726. The summed E-state index contributed by atoms with van der Waals surface area (Å²) in [5, 5.41) is 3.84. The van der Waals surface area contributed by atoms with Crippen molar-refractivity contribution in [3.63, 3.8) is 0 Å². The molecule has 2 amide bonds. The number of thiazole rings is 1. The summed E-state index contributed by atoms with van der Waals surface area (Å²) >= 11 is 7.43. The molecule has 0 bridgehead atoms. The maximum atomic E-state index is 12.9. The van der Waals surface area contributed by atoms with Gasteiger partial charge in [-0.1, -0.05) is 17.7 Å². The smallest absolute Gasteiger partial charge is 0.254 e. The first-order valence-corrected chi connectivity index (χ1v) is 9.89. The molecular formula is C19H25ClN4O2S. The predicted molar refractivity (Wildman–Crippen MR) is 111 cm³/mol. The van der Waals surface area contributed by atoms with Crippen LogP contribution in [0.25, 0.3) is 0 Å². The average molecular weight is 409 g/mol. The van der Waals surface area contributed by atoms with E-state index in [0.717, 1.165) is 23.5 Å². The number of rotatable bonds is 8. The Labute approximate surface area is 169 Å². The molecule has 0 atom stereocenters. The van der Waals surface area contributed by atoms with Crippen LogP contribution in [0.15, 0.2) is 24.3 Å². The largest absolute Gasteiger partial charge is 0.329 e. The maximum Gasteiger partial charge on any atom is 0.254 e. The van der Waals surface area contributed by atoms with Crippen molar-refractivity contribution in [3.8, 4) is 0 Å². The molecule has 0 saturated heterocycles. The van der Waals surface area contributed by atoms with Gasteiger partial charge in [0.05, 0.1) is 5.69 Å². The van der Waals surface area contributed by atoms with Crippen LogP contribution in [0, 0.1) is 13.8 Å². The van der Waals surface area contributed by atoms with Crippen molar-refractivity contribution in [1.29, 1.82) is 0 Å². The average Bonchev–Trinajstić information content (AvgIpc) is 2.90. The molecule has 0 fully saturated rings. The van der Waals surface area contributed by atoms with Crippen LogP contribution in [-0.4, -0.2) is 60.3 Å². The summed E-state index contributed by atoms with van der Waals surface area (Å²) in [5.74, 6) is -0.470. The topological polar surface area (TPSA) is 65.5 Å². The van der Waals surface area contributed by atoms with Gasteiger partial charge in [-0.25, -0.2) is 4.98 Å². The van der Waals surface area contributed by atoms with E-state index in [2.05, 4.69) is 10.3 Å². The normalized spacial score (nSPS) is 10.9. The van der Waals surface area contributed by atoms with Gasteiger partial charge in [0.15, 0.2) is 5.13 Å². The summed E-state index contributed by atoms with van der Waals surface area (Å²) in [4.78, 5) is 34.3. The lowest BCUT2D eigenvalue weighted by atomic mass is 10.2. The van der Waals surface area contributed by atoms with Crippen LogP contribution in [0.2, 0.25) is 5.02 Å². The highest BCUT2D eigenvalue weighted by molar-refractivity contribution is 7.15. The zero-order chi connectivity index (χ0) is 20.0. The molecule has 0 aliphatic heterocycles. The Kier molecular flexibility index (Phi) is 7.77. The van der Waals surface area contributed by atoms with Crippen molar-refractivity contribution in [2.45, 2.75) is 20.3 Å². The van der Waals surface area contributed by atoms with Crippen molar-refractivity contribution in [3.05, 3.63) is 45.4 Å². The number of nitrogens with one attached hydrogen (secondary N) is 1. The monoisotopic (exact) mass is 408 g/mol. The van der Waals surface area contributed by atoms with Gasteiger partial charge in [-0.2, -0.15) is 0 Å². The molecule has 1 aromatic carbocycles. The van der Waals surface area contributed by atoms with Crippen LogP contribution in [0.5, 0.6) is 0 Å². The second-order valence-electron chi connectivity index (χ2n) is 6.60. The van der Waals surface area contributed by atoms with Crippen molar-refractivity contribution < 1.29 is 9.59 Å². The third-order valence-corrected chi connectivity index (χ3v) is 5.22. The van der Waals surface area contributed by atoms with E-state index in [4.69, 9.17) is 11.6 Å². The predicted octanol–water partition coefficient (Wildman–Crippen LogP) is 3.45. The summed E-state index contributed by atoms with van der Waals surface area (Å²) in [6, 6.07) is 6.77. The fourth-order valence-corrected chi connectivity index (χ4v) is 3.51. The highest BCUT2D eigenvalue weighted by Crippen LogP contribution is 2.21. The first kappa shape index (κ1) is 21.3. The lowest BCUT2D eigenvalue weighted by Gasteiger charge is -2.23. The third-order valence-electron chi connectivity index (χ3n) is 4.00. The molecular weight excluding hydrogens is 384 g/mol. The molecule has 2 aromatic rings. The maximum absolute atomic E-state index is 12.9. The molecule has 146 valence electrons. The minimum atomic E-state index is -0.260. The highest BCUT2D eigenvalue weighted by atomic mass is 35.5. The Morgan fingerprint density at radius 2 is 1.96 bits per heavy atom. The van der Waals surface area contributed by atoms with Crippen molar-refractivity contribution in [1.82, 2.24) is 14.8 Å². The molecule has 0 radical (unpaired) electrons. The second-order valence-corrected chi connectivity index (χ2v) is 8.24. The van der Waals surface area contributed by atoms with Gasteiger partial charge in [0.1, 0.15) is 6.54 Å². The molecule has 0 saturated carbocycles. The molecule has 0 spiro atoms. The van der Waals surface area contributed by atoms with E-state index in [-0.39, 0.29) is 18.4 Å². The Hall–Kier alpha value is -1.96. The Balaban J connectivity index is 2.08. The fraction of sp³-hybridized carbons (Fsp3) is 0.421. The molecule has 6 nitrogen and oxygen atoms in total. The molecule has 1 aromatic heterocycles. The van der Waals surface area contributed by atoms with E-state index in [1.807, 2.05) is 32.8 Å². The molecule has 0 aliphatic carbocycles. The van der Waals surface area contributed by atoms with E-state index in [1.54, 1.807) is 29.2 Å². The van der Waals surface area contributed by atoms with Crippen LogP contribution in [0.4, 0.5) is 5.13 Å². The summed E-state index contributed by atoms with van der Waals surface area (Å²) in [6.45, 7) is 5.13. The number of anilines is 1. The highest BCUT2D eigenvalue weighted by Gasteiger charge is 2.20. The van der Waals surface area contributed by atoms with Gasteiger partial charge in [0.25, 0.3) is 5.91 Å². The molecule has 0 unspecified atom stereocenters. The van der Waals surface area contributed by atoms with Gasteiger partial charge in [-0.15, -0.1) is 11.3 Å².